The summed E-state index contributed by atoms with van der Waals surface area (Å²) in [6.07, 6.45) is 7.03. The van der Waals surface area contributed by atoms with Gasteiger partial charge in [0, 0.05) is 50.5 Å². The minimum atomic E-state index is -3.54. The summed E-state index contributed by atoms with van der Waals surface area (Å²) in [7, 11) is -3.54. The van der Waals surface area contributed by atoms with E-state index in [1.165, 1.54) is 4.31 Å². The zero-order valence-electron chi connectivity index (χ0n) is 28.9. The highest BCUT2D eigenvalue weighted by molar-refractivity contribution is 7.89. The lowest BCUT2D eigenvalue weighted by Gasteiger charge is -2.52. The van der Waals surface area contributed by atoms with Crippen LogP contribution in [-0.4, -0.2) is 99.6 Å². The number of carbonyl (C=O) groups is 2. The number of aliphatic hydroxyl groups is 1. The molecule has 1 spiro atoms. The fourth-order valence-corrected chi connectivity index (χ4v) is 9.35. The highest BCUT2D eigenvalue weighted by Crippen LogP contribution is 2.37. The molecule has 2 aromatic rings. The second-order valence-electron chi connectivity index (χ2n) is 13.6. The van der Waals surface area contributed by atoms with Crippen LogP contribution in [0.15, 0.2) is 29.2 Å². The average Bonchev–Trinajstić information content (AvgIpc) is 3.36. The monoisotopic (exact) mass is 670 g/mol. The van der Waals surface area contributed by atoms with Gasteiger partial charge in [-0.1, -0.05) is 46.5 Å². The van der Waals surface area contributed by atoms with Crippen LogP contribution in [0.4, 0.5) is 0 Å². The van der Waals surface area contributed by atoms with Crippen LogP contribution in [0.2, 0.25) is 0 Å². The molecule has 2 saturated heterocycles. The molecule has 2 N–H and O–H groups in total. The van der Waals surface area contributed by atoms with Crippen molar-refractivity contribution < 1.29 is 23.1 Å². The first kappa shape index (κ1) is 35.5. The molecule has 5 rings (SSSR count). The van der Waals surface area contributed by atoms with Crippen molar-refractivity contribution in [3.8, 4) is 5.69 Å². The van der Waals surface area contributed by atoms with Crippen molar-refractivity contribution in [1.82, 2.24) is 29.2 Å². The summed E-state index contributed by atoms with van der Waals surface area (Å²) in [6.45, 7) is 13.1. The normalized spacial score (nSPS) is 21.9. The number of carbonyl (C=O) groups excluding carboxylic acids is 2. The Labute approximate surface area is 280 Å². The number of amides is 2. The summed E-state index contributed by atoms with van der Waals surface area (Å²) in [5.41, 5.74) is 2.88. The molecule has 260 valence electrons. The number of rotatable bonds is 12. The van der Waals surface area contributed by atoms with Gasteiger partial charge in [0.15, 0.2) is 0 Å². The molecular weight excluding hydrogens is 616 g/mol. The molecule has 12 heteroatoms. The zero-order chi connectivity index (χ0) is 33.9. The van der Waals surface area contributed by atoms with Gasteiger partial charge in [-0.3, -0.25) is 14.5 Å². The summed E-state index contributed by atoms with van der Waals surface area (Å²) in [5, 5.41) is 19.1. The third-order valence-electron chi connectivity index (χ3n) is 10.9. The van der Waals surface area contributed by atoms with Gasteiger partial charge in [0.2, 0.25) is 21.8 Å². The first-order valence-electron chi connectivity index (χ1n) is 17.7. The lowest BCUT2D eigenvalue weighted by molar-refractivity contribution is -0.166. The van der Waals surface area contributed by atoms with Gasteiger partial charge in [0.1, 0.15) is 11.6 Å². The van der Waals surface area contributed by atoms with Gasteiger partial charge in [0.25, 0.3) is 0 Å². The molecular formula is C35H54N6O5S. The molecule has 1 aliphatic carbocycles. The number of likely N-dealkylation sites (tertiary alicyclic amines) is 1. The molecule has 47 heavy (non-hydrogen) atoms. The highest BCUT2D eigenvalue weighted by atomic mass is 32.2. The van der Waals surface area contributed by atoms with Crippen molar-refractivity contribution in [2.24, 2.45) is 5.92 Å². The number of nitrogens with one attached hydrogen (secondary N) is 1. The topological polar surface area (TPSA) is 128 Å². The van der Waals surface area contributed by atoms with Crippen LogP contribution in [0.1, 0.15) is 95.5 Å². The molecule has 3 heterocycles. The molecule has 2 unspecified atom stereocenters. The summed E-state index contributed by atoms with van der Waals surface area (Å²) in [4.78, 5) is 32.3. The Bertz CT molecular complexity index is 1510. The van der Waals surface area contributed by atoms with Gasteiger partial charge < -0.3 is 15.3 Å². The van der Waals surface area contributed by atoms with E-state index >= 15 is 0 Å². The van der Waals surface area contributed by atoms with Gasteiger partial charge in [-0.15, -0.1) is 0 Å². The number of hydrogen-bond acceptors (Lipinski definition) is 7. The van der Waals surface area contributed by atoms with Crippen molar-refractivity contribution in [1.29, 1.82) is 0 Å². The zero-order valence-corrected chi connectivity index (χ0v) is 29.7. The largest absolute Gasteiger partial charge is 0.390 e. The molecule has 1 aromatic carbocycles. The molecule has 0 radical (unpaired) electrons. The summed E-state index contributed by atoms with van der Waals surface area (Å²) >= 11 is 0. The number of hydrogen-bond donors (Lipinski definition) is 2. The lowest BCUT2D eigenvalue weighted by Crippen LogP contribution is -2.75. The minimum absolute atomic E-state index is 0.0489. The van der Waals surface area contributed by atoms with Gasteiger partial charge in [0.05, 0.1) is 22.4 Å². The molecule has 0 bridgehead atoms. The maximum Gasteiger partial charge on any atom is 0.248 e. The number of aryl methyl sites for hydroxylation is 1. The van der Waals surface area contributed by atoms with Gasteiger partial charge in [-0.25, -0.2) is 13.1 Å². The third-order valence-corrected chi connectivity index (χ3v) is 13.0. The van der Waals surface area contributed by atoms with E-state index in [2.05, 4.69) is 17.1 Å². The first-order chi connectivity index (χ1) is 22.5. The number of aromatic nitrogens is 2. The van der Waals surface area contributed by atoms with Crippen molar-refractivity contribution in [3.63, 3.8) is 0 Å². The molecule has 2 aliphatic heterocycles. The van der Waals surface area contributed by atoms with Crippen LogP contribution in [0.3, 0.4) is 0 Å². The van der Waals surface area contributed by atoms with E-state index in [0.29, 0.717) is 52.1 Å². The number of piperazine rings is 1. The molecule has 3 fully saturated rings. The van der Waals surface area contributed by atoms with E-state index in [1.807, 2.05) is 37.3 Å². The second kappa shape index (κ2) is 14.8. The number of nitrogens with zero attached hydrogens (tertiary/aromatic N) is 5. The Kier molecular flexibility index (Phi) is 11.1. The Morgan fingerprint density at radius 1 is 1.02 bits per heavy atom. The van der Waals surface area contributed by atoms with Gasteiger partial charge >= 0.3 is 0 Å². The van der Waals surface area contributed by atoms with Crippen molar-refractivity contribution in [2.75, 3.05) is 32.7 Å². The van der Waals surface area contributed by atoms with Crippen molar-refractivity contribution in [3.05, 3.63) is 41.2 Å². The molecule has 3 aliphatic rings. The predicted molar refractivity (Wildman–Crippen MR) is 182 cm³/mol. The SMILES string of the molecule is CCCCN1C(=O)C(C(O)C2CCCCC2)NC(=O)C12CCN(Cc1c(C)nn(-c3ccc(S(=O)(=O)N(CC)CC)cc3)c1C)CC2. The molecule has 2 atom stereocenters. The molecule has 2 amide bonds. The molecule has 1 aromatic heterocycles. The number of piperidine rings is 1. The van der Waals surface area contributed by atoms with Crippen molar-refractivity contribution >= 4 is 21.8 Å². The fraction of sp³-hybridized carbons (Fsp3) is 0.686. The number of benzene rings is 1. The summed E-state index contributed by atoms with van der Waals surface area (Å²) in [5.74, 6) is -0.208. The van der Waals surface area contributed by atoms with Crippen LogP contribution in [-0.2, 0) is 26.2 Å². The molecule has 11 nitrogen and oxygen atoms in total. The van der Waals surface area contributed by atoms with Gasteiger partial charge in [-0.2, -0.15) is 9.40 Å². The maximum atomic E-state index is 14.0. The van der Waals surface area contributed by atoms with Crippen molar-refractivity contribution in [2.45, 2.75) is 122 Å². The van der Waals surface area contributed by atoms with E-state index in [9.17, 15) is 23.1 Å². The Morgan fingerprint density at radius 3 is 2.26 bits per heavy atom. The van der Waals surface area contributed by atoms with E-state index in [4.69, 9.17) is 5.10 Å². The number of sulfonamides is 1. The second-order valence-corrected chi connectivity index (χ2v) is 15.6. The Morgan fingerprint density at radius 2 is 1.66 bits per heavy atom. The Hall–Kier alpha value is -2.80. The lowest BCUT2D eigenvalue weighted by atomic mass is 9.78. The van der Waals surface area contributed by atoms with Crippen LogP contribution >= 0.6 is 0 Å². The average molecular weight is 671 g/mol. The maximum absolute atomic E-state index is 14.0. The summed E-state index contributed by atoms with van der Waals surface area (Å²) in [6, 6.07) is 6.01. The van der Waals surface area contributed by atoms with Crippen LogP contribution in [0, 0.1) is 19.8 Å². The number of unbranched alkanes of at least 4 members (excludes halogenated alkanes) is 1. The number of aliphatic hydroxyl groups excluding tert-OH is 1. The van der Waals surface area contributed by atoms with Crippen LogP contribution in [0.5, 0.6) is 0 Å². The van der Waals surface area contributed by atoms with E-state index < -0.39 is 27.7 Å². The predicted octanol–water partition coefficient (Wildman–Crippen LogP) is 3.92. The molecule has 1 saturated carbocycles. The highest BCUT2D eigenvalue weighted by Gasteiger charge is 2.55. The van der Waals surface area contributed by atoms with E-state index in [0.717, 1.165) is 67.6 Å². The Balaban J connectivity index is 1.29. The van der Waals surface area contributed by atoms with Crippen LogP contribution in [0.25, 0.3) is 5.69 Å². The van der Waals surface area contributed by atoms with Gasteiger partial charge in [-0.05, 0) is 76.1 Å². The fourth-order valence-electron chi connectivity index (χ4n) is 7.89. The quantitative estimate of drug-likeness (QED) is 0.351. The third kappa shape index (κ3) is 6.89. The smallest absolute Gasteiger partial charge is 0.248 e. The van der Waals surface area contributed by atoms with E-state index in [1.54, 1.807) is 24.3 Å². The standard InChI is InChI=1S/C35H54N6O5S/c1-6-9-21-40-33(43)31(32(42)27-13-11-10-12-14-27)36-34(44)35(40)19-22-38(23-20-35)24-30-25(4)37-41(26(30)5)28-15-17-29(18-16-28)47(45,46)39(7-2)8-3/h15-18,27,31-32,42H,6-14,19-24H2,1-5H3,(H,36,44). The summed E-state index contributed by atoms with van der Waals surface area (Å²) < 4.78 is 29.2. The first-order valence-corrected chi connectivity index (χ1v) is 19.1. The van der Waals surface area contributed by atoms with E-state index in [-0.39, 0.29) is 22.6 Å². The minimum Gasteiger partial charge on any atom is -0.390 e. The van der Waals surface area contributed by atoms with Crippen LogP contribution < -0.4 is 5.32 Å².